The second-order valence-corrected chi connectivity index (χ2v) is 11.8. The zero-order valence-corrected chi connectivity index (χ0v) is 27.1. The van der Waals surface area contributed by atoms with Crippen LogP contribution in [0.5, 0.6) is 23.0 Å². The minimum Gasteiger partial charge on any atom is -0.507 e. The smallest absolute Gasteiger partial charge is 0.301 e. The van der Waals surface area contributed by atoms with Crippen LogP contribution < -0.4 is 23.8 Å². The molecular formula is C37H34N2O7S. The Kier molecular flexibility index (Phi) is 9.40. The van der Waals surface area contributed by atoms with Gasteiger partial charge in [0, 0.05) is 5.56 Å². The van der Waals surface area contributed by atoms with Gasteiger partial charge in [-0.15, -0.1) is 0 Å². The van der Waals surface area contributed by atoms with Crippen molar-refractivity contribution in [2.24, 2.45) is 0 Å². The number of carbonyl (C=O) groups excluding carboxylic acids is 2. The van der Waals surface area contributed by atoms with Crippen LogP contribution in [0.15, 0.2) is 96.6 Å². The Bertz CT molecular complexity index is 1940. The highest BCUT2D eigenvalue weighted by molar-refractivity contribution is 7.22. The Labute approximate surface area is 276 Å². The number of nitrogens with zero attached hydrogens (tertiary/aromatic N) is 2. The minimum atomic E-state index is -1.00. The number of aliphatic hydroxyl groups is 1. The van der Waals surface area contributed by atoms with Crippen molar-refractivity contribution in [3.8, 4) is 23.0 Å². The van der Waals surface area contributed by atoms with Crippen molar-refractivity contribution in [1.82, 2.24) is 4.98 Å². The van der Waals surface area contributed by atoms with Crippen molar-refractivity contribution in [3.63, 3.8) is 0 Å². The van der Waals surface area contributed by atoms with E-state index in [1.54, 1.807) is 42.5 Å². The molecule has 1 N–H and O–H groups in total. The highest BCUT2D eigenvalue weighted by Crippen LogP contribution is 2.46. The summed E-state index contributed by atoms with van der Waals surface area (Å²) in [4.78, 5) is 33.7. The second-order valence-electron chi connectivity index (χ2n) is 10.8. The van der Waals surface area contributed by atoms with Crippen molar-refractivity contribution in [2.45, 2.75) is 32.9 Å². The van der Waals surface area contributed by atoms with Gasteiger partial charge in [0.15, 0.2) is 16.6 Å². The number of hydrogen-bond donors (Lipinski definition) is 1. The number of ketones is 1. The first-order valence-corrected chi connectivity index (χ1v) is 16.2. The molecule has 0 aliphatic carbocycles. The van der Waals surface area contributed by atoms with E-state index in [4.69, 9.17) is 23.9 Å². The summed E-state index contributed by atoms with van der Waals surface area (Å²) in [5.41, 5.74) is 2.48. The van der Waals surface area contributed by atoms with Gasteiger partial charge in [0.05, 0.1) is 42.2 Å². The van der Waals surface area contributed by atoms with Crippen molar-refractivity contribution in [1.29, 1.82) is 0 Å². The summed E-state index contributed by atoms with van der Waals surface area (Å²) in [5.74, 6) is 0.285. The fourth-order valence-electron chi connectivity index (χ4n) is 5.39. The van der Waals surface area contributed by atoms with Crippen molar-refractivity contribution < 1.29 is 33.6 Å². The van der Waals surface area contributed by atoms with E-state index in [0.717, 1.165) is 16.7 Å². The lowest BCUT2D eigenvalue weighted by atomic mass is 9.95. The third-order valence-electron chi connectivity index (χ3n) is 7.65. The molecule has 1 saturated heterocycles. The first-order chi connectivity index (χ1) is 22.9. The number of carbonyl (C=O) groups is 2. The lowest BCUT2D eigenvalue weighted by Crippen LogP contribution is -2.29. The van der Waals surface area contributed by atoms with Crippen molar-refractivity contribution in [2.75, 3.05) is 25.2 Å². The van der Waals surface area contributed by atoms with E-state index in [9.17, 15) is 14.7 Å². The van der Waals surface area contributed by atoms with Crippen LogP contribution in [0.3, 0.4) is 0 Å². The van der Waals surface area contributed by atoms with E-state index in [1.807, 2.05) is 62.4 Å². The van der Waals surface area contributed by atoms with Crippen LogP contribution in [0.1, 0.15) is 43.0 Å². The van der Waals surface area contributed by atoms with Crippen LogP contribution in [0.2, 0.25) is 0 Å². The molecule has 5 aromatic rings. The molecule has 10 heteroatoms. The average molecular weight is 651 g/mol. The zero-order chi connectivity index (χ0) is 32.9. The molecule has 240 valence electrons. The Morgan fingerprint density at radius 1 is 0.872 bits per heavy atom. The molecule has 9 nitrogen and oxygen atoms in total. The molecule has 1 aliphatic rings. The topological polar surface area (TPSA) is 107 Å². The summed E-state index contributed by atoms with van der Waals surface area (Å²) < 4.78 is 23.9. The summed E-state index contributed by atoms with van der Waals surface area (Å²) in [5, 5.41) is 12.0. The number of amides is 1. The summed E-state index contributed by atoms with van der Waals surface area (Å²) >= 11 is 1.26. The van der Waals surface area contributed by atoms with Crippen molar-refractivity contribution >= 4 is 44.1 Å². The fraction of sp³-hybridized carbons (Fsp3) is 0.216. The molecule has 0 saturated carbocycles. The van der Waals surface area contributed by atoms with Gasteiger partial charge in [-0.05, 0) is 79.1 Å². The highest BCUT2D eigenvalue weighted by atomic mass is 32.1. The van der Waals surface area contributed by atoms with Crippen LogP contribution in [0, 0.1) is 0 Å². The number of anilines is 1. The quantitative estimate of drug-likeness (QED) is 0.0832. The Balaban J connectivity index is 1.44. The summed E-state index contributed by atoms with van der Waals surface area (Å²) in [6, 6.07) is 26.2. The van der Waals surface area contributed by atoms with Gasteiger partial charge in [-0.25, -0.2) is 4.98 Å². The van der Waals surface area contributed by atoms with E-state index < -0.39 is 17.7 Å². The number of aliphatic hydroxyl groups excluding tert-OH is 1. The highest BCUT2D eigenvalue weighted by Gasteiger charge is 2.48. The molecular weight excluding hydrogens is 616 g/mol. The second kappa shape index (κ2) is 14.0. The van der Waals surface area contributed by atoms with Gasteiger partial charge in [0.25, 0.3) is 5.78 Å². The molecule has 1 amide bonds. The maximum atomic E-state index is 13.8. The van der Waals surface area contributed by atoms with Gasteiger partial charge >= 0.3 is 5.91 Å². The van der Waals surface area contributed by atoms with Crippen LogP contribution in [-0.2, 0) is 16.2 Å². The normalized spacial score (nSPS) is 15.6. The van der Waals surface area contributed by atoms with Crippen molar-refractivity contribution in [3.05, 3.63) is 113 Å². The molecule has 4 aromatic carbocycles. The van der Waals surface area contributed by atoms with Crippen LogP contribution >= 0.6 is 11.3 Å². The number of aromatic nitrogens is 1. The third-order valence-corrected chi connectivity index (χ3v) is 8.67. The maximum absolute atomic E-state index is 13.8. The van der Waals surface area contributed by atoms with Gasteiger partial charge in [0.2, 0.25) is 0 Å². The van der Waals surface area contributed by atoms with E-state index in [1.165, 1.54) is 23.3 Å². The molecule has 0 spiro atoms. The number of thiazole rings is 1. The number of methoxy groups -OCH3 is 1. The van der Waals surface area contributed by atoms with E-state index >= 15 is 0 Å². The van der Waals surface area contributed by atoms with Gasteiger partial charge in [-0.2, -0.15) is 0 Å². The number of hydrogen-bond acceptors (Lipinski definition) is 9. The minimum absolute atomic E-state index is 0.0634. The number of benzene rings is 4. The molecule has 2 heterocycles. The maximum Gasteiger partial charge on any atom is 0.301 e. The molecule has 47 heavy (non-hydrogen) atoms. The standard InChI is InChI=1S/C37H34N2O7S/c1-4-19-45-26-14-11-24(12-15-26)34(40)32-33(25-13-18-29(30(20-25)43-3)46-22-23-9-7-6-8-10-23)39(36(42)35(32)41)37-38-28-17-16-27(44-5-2)21-31(28)47-37/h6-18,20-21,33,40H,4-5,19,22H2,1-3H3. The lowest BCUT2D eigenvalue weighted by Gasteiger charge is -2.24. The van der Waals surface area contributed by atoms with E-state index in [2.05, 4.69) is 0 Å². The van der Waals surface area contributed by atoms with Gasteiger partial charge in [-0.1, -0.05) is 54.7 Å². The first-order valence-electron chi connectivity index (χ1n) is 15.3. The summed E-state index contributed by atoms with van der Waals surface area (Å²) in [6.07, 6.45) is 0.851. The third kappa shape index (κ3) is 6.50. The monoisotopic (exact) mass is 650 g/mol. The zero-order valence-electron chi connectivity index (χ0n) is 26.3. The Morgan fingerprint density at radius 3 is 2.36 bits per heavy atom. The summed E-state index contributed by atoms with van der Waals surface area (Å²) in [6.45, 7) is 5.30. The lowest BCUT2D eigenvalue weighted by molar-refractivity contribution is -0.132. The fourth-order valence-corrected chi connectivity index (χ4v) is 6.41. The van der Waals surface area contributed by atoms with Crippen LogP contribution in [0.4, 0.5) is 5.13 Å². The average Bonchev–Trinajstić information content (AvgIpc) is 3.64. The summed E-state index contributed by atoms with van der Waals surface area (Å²) in [7, 11) is 1.52. The Hall–Kier alpha value is -5.35. The molecule has 0 bridgehead atoms. The number of fused-ring (bicyclic) bond motifs is 1. The Morgan fingerprint density at radius 2 is 1.64 bits per heavy atom. The largest absolute Gasteiger partial charge is 0.507 e. The molecule has 1 atom stereocenters. The van der Waals surface area contributed by atoms with E-state index in [0.29, 0.717) is 64.6 Å². The predicted molar refractivity (Wildman–Crippen MR) is 182 cm³/mol. The number of Topliss-reactive ketones (excluding diaryl/α,β-unsaturated/α-hetero) is 1. The molecule has 1 aliphatic heterocycles. The van der Waals surface area contributed by atoms with Gasteiger partial charge in [0.1, 0.15) is 23.9 Å². The van der Waals surface area contributed by atoms with Gasteiger partial charge < -0.3 is 24.1 Å². The molecule has 0 radical (unpaired) electrons. The molecule has 1 unspecified atom stereocenters. The molecule has 1 fully saturated rings. The number of rotatable bonds is 12. The molecule has 1 aromatic heterocycles. The van der Waals surface area contributed by atoms with Crippen LogP contribution in [0.25, 0.3) is 16.0 Å². The first kappa shape index (κ1) is 31.6. The van der Waals surface area contributed by atoms with Crippen LogP contribution in [-0.4, -0.2) is 42.1 Å². The predicted octanol–water partition coefficient (Wildman–Crippen LogP) is 7.70. The SMILES string of the molecule is CCCOc1ccc(C(O)=C2C(=O)C(=O)N(c3nc4ccc(OCC)cc4s3)C2c2ccc(OCc3ccccc3)c(OC)c2)cc1. The number of ether oxygens (including phenoxy) is 4. The molecule has 6 rings (SSSR count). The van der Waals surface area contributed by atoms with Gasteiger partial charge in [-0.3, -0.25) is 14.5 Å². The van der Waals surface area contributed by atoms with E-state index in [-0.39, 0.29) is 11.3 Å².